The summed E-state index contributed by atoms with van der Waals surface area (Å²) in [6.45, 7) is 0. The summed E-state index contributed by atoms with van der Waals surface area (Å²) in [7, 11) is 4.07. The maximum absolute atomic E-state index is 12.9. The number of halogens is 1. The fraction of sp³-hybridized carbons (Fsp3) is 0.250. The normalized spacial score (nSPS) is 16.7. The lowest BCUT2D eigenvalue weighted by atomic mass is 10.00. The molecule has 0 fully saturated rings. The Bertz CT molecular complexity index is 1100. The molecule has 1 aromatic carbocycles. The van der Waals surface area contributed by atoms with Gasteiger partial charge in [0, 0.05) is 20.3 Å². The smallest absolute Gasteiger partial charge is 0.351 e. The summed E-state index contributed by atoms with van der Waals surface area (Å²) in [6.07, 6.45) is 1.14. The van der Waals surface area contributed by atoms with Gasteiger partial charge in [-0.1, -0.05) is 11.6 Å². The van der Waals surface area contributed by atoms with Crippen LogP contribution in [0.15, 0.2) is 32.9 Å². The Hall–Kier alpha value is -3.27. The zero-order valence-corrected chi connectivity index (χ0v) is 15.3. The number of aryl methyl sites for hydroxylation is 1. The summed E-state index contributed by atoms with van der Waals surface area (Å²) >= 11 is 6.08. The van der Waals surface area contributed by atoms with Crippen molar-refractivity contribution in [1.82, 2.24) is 19.4 Å². The van der Waals surface area contributed by atoms with Gasteiger partial charge in [0.2, 0.25) is 5.78 Å². The molecule has 11 heteroatoms. The molecular weight excluding hydrogens is 378 g/mol. The van der Waals surface area contributed by atoms with Gasteiger partial charge in [0.15, 0.2) is 0 Å². The Morgan fingerprint density at radius 2 is 1.85 bits per heavy atom. The quantitative estimate of drug-likeness (QED) is 0.663. The summed E-state index contributed by atoms with van der Waals surface area (Å²) < 4.78 is 6.77. The van der Waals surface area contributed by atoms with E-state index >= 15 is 0 Å². The molecule has 2 aromatic rings. The molecule has 1 aliphatic heterocycles. The summed E-state index contributed by atoms with van der Waals surface area (Å²) in [5.41, 5.74) is -1.71. The fourth-order valence-electron chi connectivity index (χ4n) is 2.58. The van der Waals surface area contributed by atoms with Crippen molar-refractivity contribution in [3.63, 3.8) is 0 Å². The van der Waals surface area contributed by atoms with E-state index in [0.717, 1.165) is 20.5 Å². The molecule has 1 aromatic heterocycles. The molecule has 0 N–H and O–H groups in total. The summed E-state index contributed by atoms with van der Waals surface area (Å²) in [5.74, 6) is -2.66. The lowest BCUT2D eigenvalue weighted by Gasteiger charge is -2.20. The predicted octanol–water partition coefficient (Wildman–Crippen LogP) is -0.296. The number of hydrazone groups is 1. The molecule has 27 heavy (non-hydrogen) atoms. The average molecular weight is 392 g/mol. The third-order valence-electron chi connectivity index (χ3n) is 4.01. The molecule has 0 saturated heterocycles. The van der Waals surface area contributed by atoms with E-state index in [1.54, 1.807) is 0 Å². The van der Waals surface area contributed by atoms with Crippen LogP contribution in [-0.2, 0) is 16.6 Å². The number of Topliss-reactive ketones (excluding diaryl/α,β-unsaturated/α-hetero) is 1. The SMILES string of the molecule is COc1ccc(-n2c(=O)c(C3C=NN(C)C(=O)C3=O)nn(C)c2=O)cc1Cl. The number of amides is 1. The first kappa shape index (κ1) is 18.5. The van der Waals surface area contributed by atoms with E-state index in [4.69, 9.17) is 16.3 Å². The van der Waals surface area contributed by atoms with Gasteiger partial charge in [-0.25, -0.2) is 19.1 Å². The van der Waals surface area contributed by atoms with E-state index in [9.17, 15) is 19.2 Å². The van der Waals surface area contributed by atoms with Gasteiger partial charge in [-0.15, -0.1) is 0 Å². The Morgan fingerprint density at radius 1 is 1.15 bits per heavy atom. The Balaban J connectivity index is 2.24. The number of carbonyl (C=O) groups is 2. The average Bonchev–Trinajstić information content (AvgIpc) is 2.64. The van der Waals surface area contributed by atoms with Crippen molar-refractivity contribution in [1.29, 1.82) is 0 Å². The number of ether oxygens (including phenoxy) is 1. The van der Waals surface area contributed by atoms with E-state index < -0.39 is 28.9 Å². The maximum Gasteiger partial charge on any atom is 0.351 e. The van der Waals surface area contributed by atoms with Gasteiger partial charge in [0.05, 0.1) is 17.8 Å². The van der Waals surface area contributed by atoms with E-state index in [-0.39, 0.29) is 16.4 Å². The van der Waals surface area contributed by atoms with Gasteiger partial charge in [0.25, 0.3) is 5.56 Å². The minimum absolute atomic E-state index is 0.165. The predicted molar refractivity (Wildman–Crippen MR) is 95.6 cm³/mol. The zero-order chi connectivity index (χ0) is 19.9. The highest BCUT2D eigenvalue weighted by molar-refractivity contribution is 6.42. The second kappa shape index (κ2) is 6.80. The largest absolute Gasteiger partial charge is 0.495 e. The molecule has 140 valence electrons. The Morgan fingerprint density at radius 3 is 2.48 bits per heavy atom. The molecule has 0 saturated carbocycles. The highest BCUT2D eigenvalue weighted by Gasteiger charge is 2.35. The van der Waals surface area contributed by atoms with Crippen molar-refractivity contribution in [3.8, 4) is 11.4 Å². The standard InChI is InChI=1S/C16H14ClN5O5/c1-20-15(25)13(23)9(7-18-20)12-14(24)22(16(26)21(2)19-12)8-4-5-11(27-3)10(17)6-8/h4-7,9H,1-3H3. The summed E-state index contributed by atoms with van der Waals surface area (Å²) in [4.78, 5) is 49.5. The third kappa shape index (κ3) is 3.04. The number of rotatable bonds is 3. The van der Waals surface area contributed by atoms with Crippen molar-refractivity contribution >= 4 is 29.5 Å². The van der Waals surface area contributed by atoms with Crippen LogP contribution in [0, 0.1) is 0 Å². The molecule has 1 atom stereocenters. The number of hydrogen-bond acceptors (Lipinski definition) is 7. The van der Waals surface area contributed by atoms with Crippen molar-refractivity contribution in [3.05, 3.63) is 49.8 Å². The molecule has 3 rings (SSSR count). The van der Waals surface area contributed by atoms with Gasteiger partial charge in [0.1, 0.15) is 17.4 Å². The molecule has 1 unspecified atom stereocenters. The van der Waals surface area contributed by atoms with Gasteiger partial charge in [-0.2, -0.15) is 10.2 Å². The van der Waals surface area contributed by atoms with Crippen molar-refractivity contribution in [2.45, 2.75) is 5.92 Å². The number of likely N-dealkylation sites (N-methyl/N-ethyl adjacent to an activating group) is 1. The number of methoxy groups -OCH3 is 1. The summed E-state index contributed by atoms with van der Waals surface area (Å²) in [5, 5.41) is 8.71. The molecule has 0 radical (unpaired) electrons. The topological polar surface area (TPSA) is 116 Å². The van der Waals surface area contributed by atoms with Crippen LogP contribution in [0.25, 0.3) is 5.69 Å². The van der Waals surface area contributed by atoms with Crippen LogP contribution in [0.5, 0.6) is 5.75 Å². The second-order valence-electron chi connectivity index (χ2n) is 5.69. The molecule has 0 spiro atoms. The number of ketones is 1. The fourth-order valence-corrected chi connectivity index (χ4v) is 2.84. The molecule has 0 bridgehead atoms. The van der Waals surface area contributed by atoms with Gasteiger partial charge in [-0.05, 0) is 18.2 Å². The van der Waals surface area contributed by atoms with Gasteiger partial charge in [-0.3, -0.25) is 14.4 Å². The lowest BCUT2D eigenvalue weighted by molar-refractivity contribution is -0.144. The molecule has 1 aliphatic rings. The van der Waals surface area contributed by atoms with Crippen LogP contribution in [0.4, 0.5) is 0 Å². The highest BCUT2D eigenvalue weighted by Crippen LogP contribution is 2.25. The first-order chi connectivity index (χ1) is 12.8. The van der Waals surface area contributed by atoms with Crippen LogP contribution in [0.2, 0.25) is 5.02 Å². The minimum Gasteiger partial charge on any atom is -0.495 e. The zero-order valence-electron chi connectivity index (χ0n) is 14.5. The van der Waals surface area contributed by atoms with Crippen molar-refractivity contribution in [2.75, 3.05) is 14.2 Å². The van der Waals surface area contributed by atoms with Gasteiger partial charge >= 0.3 is 11.6 Å². The monoisotopic (exact) mass is 391 g/mol. The van der Waals surface area contributed by atoms with Crippen molar-refractivity contribution in [2.24, 2.45) is 12.1 Å². The number of nitrogens with zero attached hydrogens (tertiary/aromatic N) is 5. The first-order valence-corrected chi connectivity index (χ1v) is 8.04. The number of aromatic nitrogens is 3. The maximum atomic E-state index is 12.9. The number of benzene rings is 1. The number of carbonyl (C=O) groups excluding carboxylic acids is 2. The highest BCUT2D eigenvalue weighted by atomic mass is 35.5. The lowest BCUT2D eigenvalue weighted by Crippen LogP contribution is -2.46. The van der Waals surface area contributed by atoms with Crippen LogP contribution in [0.3, 0.4) is 0 Å². The summed E-state index contributed by atoms with van der Waals surface area (Å²) in [6, 6.07) is 4.34. The van der Waals surface area contributed by atoms with Crippen LogP contribution >= 0.6 is 11.6 Å². The van der Waals surface area contributed by atoms with Crippen molar-refractivity contribution < 1.29 is 14.3 Å². The van der Waals surface area contributed by atoms with E-state index in [1.165, 1.54) is 39.4 Å². The van der Waals surface area contributed by atoms with Gasteiger partial charge < -0.3 is 4.74 Å². The second-order valence-corrected chi connectivity index (χ2v) is 6.09. The number of hydrogen-bond donors (Lipinski definition) is 0. The molecule has 1 amide bonds. The molecule has 10 nitrogen and oxygen atoms in total. The Kier molecular flexibility index (Phi) is 4.66. The molecular formula is C16H14ClN5O5. The molecule has 0 aliphatic carbocycles. The van der Waals surface area contributed by atoms with E-state index in [0.29, 0.717) is 5.75 Å². The van der Waals surface area contributed by atoms with Crippen LogP contribution in [-0.4, -0.2) is 51.4 Å². The van der Waals surface area contributed by atoms with E-state index in [1.807, 2.05) is 0 Å². The van der Waals surface area contributed by atoms with Crippen LogP contribution in [0.1, 0.15) is 11.6 Å². The minimum atomic E-state index is -1.28. The third-order valence-corrected chi connectivity index (χ3v) is 4.31. The Labute approximate surface area is 157 Å². The molecule has 2 heterocycles. The first-order valence-electron chi connectivity index (χ1n) is 7.66. The van der Waals surface area contributed by atoms with Crippen LogP contribution < -0.4 is 16.0 Å². The van der Waals surface area contributed by atoms with E-state index in [2.05, 4.69) is 10.2 Å².